The Balaban J connectivity index is 1.76. The zero-order valence-electron chi connectivity index (χ0n) is 11.2. The van der Waals surface area contributed by atoms with Crippen molar-refractivity contribution >= 4 is 23.6 Å². The van der Waals surface area contributed by atoms with Gasteiger partial charge in [-0.25, -0.2) is 4.39 Å². The van der Waals surface area contributed by atoms with E-state index in [1.165, 1.54) is 23.9 Å². The number of halogens is 1. The molecule has 0 heterocycles. The fourth-order valence-electron chi connectivity index (χ4n) is 1.70. The molecule has 0 unspecified atom stereocenters. The third-order valence-corrected chi connectivity index (χ3v) is 3.68. The van der Waals surface area contributed by atoms with Crippen LogP contribution in [-0.4, -0.2) is 17.6 Å². The van der Waals surface area contributed by atoms with Crippen LogP contribution in [0.25, 0.3) is 0 Å². The minimum absolute atomic E-state index is 0.117. The maximum Gasteiger partial charge on any atom is 0.236 e. The Bertz CT molecular complexity index is 614. The van der Waals surface area contributed by atoms with Gasteiger partial charge in [0.1, 0.15) is 5.82 Å². The van der Waals surface area contributed by atoms with Gasteiger partial charge in [-0.15, -0.1) is 11.8 Å². The molecule has 0 aromatic heterocycles. The number of amides is 2. The van der Waals surface area contributed by atoms with Crippen LogP contribution in [0.5, 0.6) is 0 Å². The molecule has 2 rings (SSSR count). The van der Waals surface area contributed by atoms with Crippen molar-refractivity contribution in [1.82, 2.24) is 5.32 Å². The monoisotopic (exact) mass is 303 g/mol. The highest BCUT2D eigenvalue weighted by Gasteiger charge is 2.09. The first kappa shape index (κ1) is 15.3. The molecule has 0 spiro atoms. The van der Waals surface area contributed by atoms with Gasteiger partial charge in [0, 0.05) is 4.90 Å². The lowest BCUT2D eigenvalue weighted by Gasteiger charge is -2.04. The molecule has 0 aliphatic heterocycles. The van der Waals surface area contributed by atoms with Crippen molar-refractivity contribution in [2.75, 3.05) is 5.75 Å². The summed E-state index contributed by atoms with van der Waals surface area (Å²) < 4.78 is 12.7. The highest BCUT2D eigenvalue weighted by atomic mass is 32.2. The summed E-state index contributed by atoms with van der Waals surface area (Å²) in [5, 5.41) is 2.34. The van der Waals surface area contributed by atoms with Gasteiger partial charge in [0.2, 0.25) is 11.8 Å². The van der Waals surface area contributed by atoms with Gasteiger partial charge in [-0.3, -0.25) is 14.9 Å². The molecule has 0 bridgehead atoms. The van der Waals surface area contributed by atoms with E-state index in [-0.39, 0.29) is 29.8 Å². The van der Waals surface area contributed by atoms with Crippen molar-refractivity contribution in [3.05, 3.63) is 66.0 Å². The first-order valence-corrected chi connectivity index (χ1v) is 7.37. The Morgan fingerprint density at radius 1 is 0.952 bits per heavy atom. The lowest BCUT2D eigenvalue weighted by molar-refractivity contribution is -0.128. The molecule has 0 fully saturated rings. The Morgan fingerprint density at radius 2 is 1.62 bits per heavy atom. The Morgan fingerprint density at radius 3 is 2.29 bits per heavy atom. The van der Waals surface area contributed by atoms with Crippen LogP contribution in [0, 0.1) is 5.82 Å². The molecular weight excluding hydrogens is 289 g/mol. The SMILES string of the molecule is O=C(CSc1ccc(F)cc1)NC(=O)Cc1ccccc1. The van der Waals surface area contributed by atoms with Gasteiger partial charge in [0.25, 0.3) is 0 Å². The van der Waals surface area contributed by atoms with Crippen molar-refractivity contribution in [3.63, 3.8) is 0 Å². The average Bonchev–Trinajstić information content (AvgIpc) is 2.47. The molecule has 2 aromatic rings. The molecule has 2 aromatic carbocycles. The third-order valence-electron chi connectivity index (χ3n) is 2.67. The zero-order chi connectivity index (χ0) is 15.1. The van der Waals surface area contributed by atoms with Gasteiger partial charge in [0.15, 0.2) is 0 Å². The predicted molar refractivity (Wildman–Crippen MR) is 80.4 cm³/mol. The molecule has 0 radical (unpaired) electrons. The number of rotatable bonds is 5. The summed E-state index contributed by atoms with van der Waals surface area (Å²) in [4.78, 5) is 24.1. The van der Waals surface area contributed by atoms with Crippen LogP contribution in [0.4, 0.5) is 4.39 Å². The second kappa shape index (κ2) is 7.59. The lowest BCUT2D eigenvalue weighted by atomic mass is 10.1. The van der Waals surface area contributed by atoms with E-state index in [0.717, 1.165) is 10.5 Å². The van der Waals surface area contributed by atoms with E-state index in [2.05, 4.69) is 5.32 Å². The summed E-state index contributed by atoms with van der Waals surface area (Å²) in [5.41, 5.74) is 0.856. The molecule has 0 saturated carbocycles. The summed E-state index contributed by atoms with van der Waals surface area (Å²) in [6.07, 6.45) is 0.174. The van der Waals surface area contributed by atoms with Gasteiger partial charge in [-0.1, -0.05) is 30.3 Å². The molecular formula is C16H14FNO2S. The van der Waals surface area contributed by atoms with Crippen LogP contribution < -0.4 is 5.32 Å². The predicted octanol–water partition coefficient (Wildman–Crippen LogP) is 2.80. The summed E-state index contributed by atoms with van der Waals surface area (Å²) in [5.74, 6) is -0.885. The molecule has 0 aliphatic carbocycles. The number of imide groups is 1. The maximum atomic E-state index is 12.7. The average molecular weight is 303 g/mol. The number of hydrogen-bond acceptors (Lipinski definition) is 3. The third kappa shape index (κ3) is 5.39. The highest BCUT2D eigenvalue weighted by Crippen LogP contribution is 2.17. The molecule has 0 atom stereocenters. The van der Waals surface area contributed by atoms with Crippen molar-refractivity contribution in [2.45, 2.75) is 11.3 Å². The number of nitrogens with one attached hydrogen (secondary N) is 1. The normalized spacial score (nSPS) is 10.1. The smallest absolute Gasteiger partial charge is 0.236 e. The molecule has 108 valence electrons. The van der Waals surface area contributed by atoms with Gasteiger partial charge in [-0.2, -0.15) is 0 Å². The summed E-state index contributed by atoms with van der Waals surface area (Å²) >= 11 is 1.25. The van der Waals surface area contributed by atoms with Crippen LogP contribution in [-0.2, 0) is 16.0 Å². The zero-order valence-corrected chi connectivity index (χ0v) is 12.0. The largest absolute Gasteiger partial charge is 0.295 e. The highest BCUT2D eigenvalue weighted by molar-refractivity contribution is 8.00. The second-order valence-corrected chi connectivity index (χ2v) is 5.43. The standard InChI is InChI=1S/C16H14FNO2S/c17-13-6-8-14(9-7-13)21-11-16(20)18-15(19)10-12-4-2-1-3-5-12/h1-9H,10-11H2,(H,18,19,20). The minimum atomic E-state index is -0.356. The van der Waals surface area contributed by atoms with Crippen molar-refractivity contribution in [1.29, 1.82) is 0 Å². The Hall–Kier alpha value is -2.14. The molecule has 1 N–H and O–H groups in total. The van der Waals surface area contributed by atoms with Crippen LogP contribution >= 0.6 is 11.8 Å². The van der Waals surface area contributed by atoms with Crippen LogP contribution in [0.1, 0.15) is 5.56 Å². The minimum Gasteiger partial charge on any atom is -0.295 e. The lowest BCUT2D eigenvalue weighted by Crippen LogP contribution is -2.33. The fraction of sp³-hybridized carbons (Fsp3) is 0.125. The van der Waals surface area contributed by atoms with Crippen LogP contribution in [0.15, 0.2) is 59.5 Å². The van der Waals surface area contributed by atoms with Crippen molar-refractivity contribution in [2.24, 2.45) is 0 Å². The van der Waals surface area contributed by atoms with E-state index in [1.807, 2.05) is 30.3 Å². The number of carbonyl (C=O) groups is 2. The maximum absolute atomic E-state index is 12.7. The molecule has 2 amide bonds. The van der Waals surface area contributed by atoms with Crippen molar-refractivity contribution < 1.29 is 14.0 Å². The molecule has 0 saturated heterocycles. The van der Waals surface area contributed by atoms with Gasteiger partial charge >= 0.3 is 0 Å². The van der Waals surface area contributed by atoms with Gasteiger partial charge in [-0.05, 0) is 29.8 Å². The Kier molecular flexibility index (Phi) is 5.51. The fourth-order valence-corrected chi connectivity index (χ4v) is 2.40. The molecule has 0 aliphatic rings. The number of hydrogen-bond donors (Lipinski definition) is 1. The summed E-state index contributed by atoms with van der Waals surface area (Å²) in [6, 6.07) is 15.1. The van der Waals surface area contributed by atoms with Gasteiger partial charge < -0.3 is 0 Å². The molecule has 5 heteroatoms. The Labute approximate surface area is 126 Å². The first-order valence-electron chi connectivity index (χ1n) is 6.38. The van der Waals surface area contributed by atoms with Crippen LogP contribution in [0.3, 0.4) is 0 Å². The topological polar surface area (TPSA) is 46.2 Å². The summed E-state index contributed by atoms with van der Waals surface area (Å²) in [7, 11) is 0. The van der Waals surface area contributed by atoms with E-state index >= 15 is 0 Å². The number of benzene rings is 2. The van der Waals surface area contributed by atoms with E-state index in [0.29, 0.717) is 0 Å². The molecule has 3 nitrogen and oxygen atoms in total. The first-order chi connectivity index (χ1) is 10.1. The summed E-state index contributed by atoms with van der Waals surface area (Å²) in [6.45, 7) is 0. The van der Waals surface area contributed by atoms with E-state index in [9.17, 15) is 14.0 Å². The number of carbonyl (C=O) groups excluding carboxylic acids is 2. The van der Waals surface area contributed by atoms with E-state index in [1.54, 1.807) is 12.1 Å². The van der Waals surface area contributed by atoms with E-state index in [4.69, 9.17) is 0 Å². The number of thioether (sulfide) groups is 1. The second-order valence-electron chi connectivity index (χ2n) is 4.38. The van der Waals surface area contributed by atoms with Crippen LogP contribution in [0.2, 0.25) is 0 Å². The van der Waals surface area contributed by atoms with Crippen molar-refractivity contribution in [3.8, 4) is 0 Å². The molecule has 21 heavy (non-hydrogen) atoms. The van der Waals surface area contributed by atoms with Gasteiger partial charge in [0.05, 0.1) is 12.2 Å². The van der Waals surface area contributed by atoms with E-state index < -0.39 is 0 Å². The quantitative estimate of drug-likeness (QED) is 0.864.